The lowest BCUT2D eigenvalue weighted by molar-refractivity contribution is -0.136. The second kappa shape index (κ2) is 5.82. The third-order valence-corrected chi connectivity index (χ3v) is 5.44. The highest BCUT2D eigenvalue weighted by Gasteiger charge is 2.56. The Hall–Kier alpha value is -0.570. The molecule has 3 rings (SSSR count). The van der Waals surface area contributed by atoms with Crippen LogP contribution < -0.4 is 5.32 Å². The predicted octanol–water partition coefficient (Wildman–Crippen LogP) is 2.41. The quantitative estimate of drug-likeness (QED) is 0.845. The summed E-state index contributed by atoms with van der Waals surface area (Å²) >= 11 is 0. The zero-order valence-corrected chi connectivity index (χ0v) is 12.2. The topological polar surface area (TPSA) is 32.3 Å². The number of hydrogen-bond acceptors (Lipinski definition) is 2. The Morgan fingerprint density at radius 3 is 2.32 bits per heavy atom. The fraction of sp³-hybridized carbons (Fsp3) is 0.938. The third kappa shape index (κ3) is 2.67. The summed E-state index contributed by atoms with van der Waals surface area (Å²) < 4.78 is 0. The molecule has 0 spiro atoms. The van der Waals surface area contributed by atoms with Crippen molar-refractivity contribution in [2.45, 2.75) is 57.9 Å². The summed E-state index contributed by atoms with van der Waals surface area (Å²) in [6, 6.07) is 0.511. The Morgan fingerprint density at radius 2 is 1.74 bits per heavy atom. The predicted molar refractivity (Wildman–Crippen MR) is 76.8 cm³/mol. The lowest BCUT2D eigenvalue weighted by Gasteiger charge is -2.35. The molecule has 0 aromatic carbocycles. The molecule has 3 fully saturated rings. The van der Waals surface area contributed by atoms with E-state index in [-0.39, 0.29) is 0 Å². The van der Waals surface area contributed by atoms with E-state index in [4.69, 9.17) is 0 Å². The molecule has 0 radical (unpaired) electrons. The Morgan fingerprint density at radius 1 is 1.11 bits per heavy atom. The monoisotopic (exact) mass is 264 g/mol. The van der Waals surface area contributed by atoms with E-state index in [1.165, 1.54) is 25.7 Å². The highest BCUT2D eigenvalue weighted by Crippen LogP contribution is 2.56. The lowest BCUT2D eigenvalue weighted by Crippen LogP contribution is -2.47. The molecule has 2 aliphatic carbocycles. The van der Waals surface area contributed by atoms with Gasteiger partial charge >= 0.3 is 0 Å². The fourth-order valence-corrected chi connectivity index (χ4v) is 4.38. The summed E-state index contributed by atoms with van der Waals surface area (Å²) in [6.45, 7) is 5.33. The normalized spacial score (nSPS) is 34.7. The first-order valence-electron chi connectivity index (χ1n) is 8.34. The molecule has 0 aromatic rings. The standard InChI is InChI=1S/C16H28N2O/c1-2-11-18(12-7-9-17-10-8-12)16(19)15-13-5-3-4-6-14(13)15/h12-15,17H,2-11H2,1H3. The number of hydrogen-bond donors (Lipinski definition) is 1. The number of fused-ring (bicyclic) bond motifs is 1. The highest BCUT2D eigenvalue weighted by atomic mass is 16.2. The Bertz CT molecular complexity index is 313. The molecular formula is C16H28N2O. The van der Waals surface area contributed by atoms with Gasteiger partial charge in [-0.25, -0.2) is 0 Å². The van der Waals surface area contributed by atoms with Gasteiger partial charge in [-0.05, 0) is 57.0 Å². The van der Waals surface area contributed by atoms with E-state index in [0.717, 1.165) is 50.7 Å². The summed E-state index contributed by atoms with van der Waals surface area (Å²) in [4.78, 5) is 15.1. The van der Waals surface area contributed by atoms with Crippen molar-refractivity contribution in [2.75, 3.05) is 19.6 Å². The molecule has 2 unspecified atom stereocenters. The van der Waals surface area contributed by atoms with Crippen LogP contribution in [0.3, 0.4) is 0 Å². The van der Waals surface area contributed by atoms with E-state index >= 15 is 0 Å². The third-order valence-electron chi connectivity index (χ3n) is 5.44. The highest BCUT2D eigenvalue weighted by molar-refractivity contribution is 5.82. The van der Waals surface area contributed by atoms with Crippen molar-refractivity contribution in [3.8, 4) is 0 Å². The average Bonchev–Trinajstić information content (AvgIpc) is 3.19. The number of piperidine rings is 1. The molecule has 1 heterocycles. The number of carbonyl (C=O) groups excluding carboxylic acids is 1. The Balaban J connectivity index is 1.64. The van der Waals surface area contributed by atoms with Crippen LogP contribution in [-0.2, 0) is 4.79 Å². The van der Waals surface area contributed by atoms with Crippen LogP contribution in [0.4, 0.5) is 0 Å². The first kappa shape index (κ1) is 13.4. The van der Waals surface area contributed by atoms with Crippen LogP contribution in [0.1, 0.15) is 51.9 Å². The molecule has 1 N–H and O–H groups in total. The molecule has 19 heavy (non-hydrogen) atoms. The van der Waals surface area contributed by atoms with E-state index < -0.39 is 0 Å². The van der Waals surface area contributed by atoms with Gasteiger partial charge in [-0.1, -0.05) is 19.8 Å². The van der Waals surface area contributed by atoms with Crippen LogP contribution in [-0.4, -0.2) is 36.5 Å². The van der Waals surface area contributed by atoms with E-state index in [0.29, 0.717) is 17.9 Å². The number of nitrogens with zero attached hydrogens (tertiary/aromatic N) is 1. The van der Waals surface area contributed by atoms with E-state index in [1.807, 2.05) is 0 Å². The van der Waals surface area contributed by atoms with Gasteiger partial charge in [0.15, 0.2) is 0 Å². The van der Waals surface area contributed by atoms with Gasteiger partial charge in [0.1, 0.15) is 0 Å². The van der Waals surface area contributed by atoms with Crippen LogP contribution >= 0.6 is 0 Å². The van der Waals surface area contributed by atoms with Crippen molar-refractivity contribution in [1.82, 2.24) is 10.2 Å². The first-order chi connectivity index (χ1) is 9.33. The maximum Gasteiger partial charge on any atom is 0.226 e. The number of rotatable bonds is 4. The van der Waals surface area contributed by atoms with Gasteiger partial charge in [-0.3, -0.25) is 4.79 Å². The number of amides is 1. The van der Waals surface area contributed by atoms with Crippen LogP contribution in [0.2, 0.25) is 0 Å². The fourth-order valence-electron chi connectivity index (χ4n) is 4.38. The van der Waals surface area contributed by atoms with Gasteiger partial charge in [0.25, 0.3) is 0 Å². The molecule has 1 amide bonds. The van der Waals surface area contributed by atoms with Gasteiger partial charge in [-0.15, -0.1) is 0 Å². The molecule has 1 aliphatic heterocycles. The van der Waals surface area contributed by atoms with E-state index in [2.05, 4.69) is 17.1 Å². The molecule has 0 bridgehead atoms. The van der Waals surface area contributed by atoms with Crippen molar-refractivity contribution in [3.63, 3.8) is 0 Å². The van der Waals surface area contributed by atoms with Crippen molar-refractivity contribution in [1.29, 1.82) is 0 Å². The minimum Gasteiger partial charge on any atom is -0.339 e. The maximum absolute atomic E-state index is 12.9. The van der Waals surface area contributed by atoms with Crippen molar-refractivity contribution >= 4 is 5.91 Å². The van der Waals surface area contributed by atoms with Crippen LogP contribution in [0, 0.1) is 17.8 Å². The molecule has 2 atom stereocenters. The van der Waals surface area contributed by atoms with Gasteiger partial charge in [0.2, 0.25) is 5.91 Å². The zero-order valence-electron chi connectivity index (χ0n) is 12.2. The van der Waals surface area contributed by atoms with Crippen LogP contribution in [0.5, 0.6) is 0 Å². The number of carbonyl (C=O) groups is 1. The van der Waals surface area contributed by atoms with Gasteiger partial charge in [0.05, 0.1) is 0 Å². The number of nitrogens with one attached hydrogen (secondary N) is 1. The molecule has 3 aliphatic rings. The van der Waals surface area contributed by atoms with Crippen LogP contribution in [0.15, 0.2) is 0 Å². The Kier molecular flexibility index (Phi) is 4.11. The summed E-state index contributed by atoms with van der Waals surface area (Å²) in [5.74, 6) is 2.42. The van der Waals surface area contributed by atoms with Crippen molar-refractivity contribution in [2.24, 2.45) is 17.8 Å². The smallest absolute Gasteiger partial charge is 0.226 e. The molecule has 3 heteroatoms. The summed E-state index contributed by atoms with van der Waals surface area (Å²) in [5, 5.41) is 3.41. The Labute approximate surface area is 117 Å². The minimum absolute atomic E-state index is 0.406. The van der Waals surface area contributed by atoms with E-state index in [1.54, 1.807) is 0 Å². The SMILES string of the molecule is CCCN(C(=O)C1C2CCCCC21)C1CCNCC1. The van der Waals surface area contributed by atoms with Crippen molar-refractivity contribution < 1.29 is 4.79 Å². The average molecular weight is 264 g/mol. The zero-order chi connectivity index (χ0) is 13.2. The van der Waals surface area contributed by atoms with Crippen molar-refractivity contribution in [3.05, 3.63) is 0 Å². The second-order valence-corrected chi connectivity index (χ2v) is 6.65. The maximum atomic E-state index is 12.9. The van der Waals surface area contributed by atoms with Gasteiger partial charge in [0, 0.05) is 18.5 Å². The molecule has 1 saturated heterocycles. The summed E-state index contributed by atoms with van der Waals surface area (Å²) in [6.07, 6.45) is 8.72. The largest absolute Gasteiger partial charge is 0.339 e. The van der Waals surface area contributed by atoms with Gasteiger partial charge < -0.3 is 10.2 Å². The van der Waals surface area contributed by atoms with E-state index in [9.17, 15) is 4.79 Å². The second-order valence-electron chi connectivity index (χ2n) is 6.65. The molecule has 108 valence electrons. The summed E-state index contributed by atoms with van der Waals surface area (Å²) in [7, 11) is 0. The molecule has 0 aromatic heterocycles. The first-order valence-corrected chi connectivity index (χ1v) is 8.34. The lowest BCUT2D eigenvalue weighted by atomic mass is 10.0. The minimum atomic E-state index is 0.406. The van der Waals surface area contributed by atoms with Crippen LogP contribution in [0.25, 0.3) is 0 Å². The molecule has 2 saturated carbocycles. The summed E-state index contributed by atoms with van der Waals surface area (Å²) in [5.41, 5.74) is 0. The van der Waals surface area contributed by atoms with Gasteiger partial charge in [-0.2, -0.15) is 0 Å². The molecule has 3 nitrogen and oxygen atoms in total. The molecular weight excluding hydrogens is 236 g/mol.